The average molecular weight is 116 g/mol. The van der Waals surface area contributed by atoms with Gasteiger partial charge in [-0.05, 0) is 12.5 Å². The zero-order valence-corrected chi connectivity index (χ0v) is 5.39. The van der Waals surface area contributed by atoms with Gasteiger partial charge in [0.1, 0.15) is 0 Å². The lowest BCUT2D eigenvalue weighted by atomic mass is 10.4. The maximum atomic E-state index is 4.78. The van der Waals surface area contributed by atoms with Crippen LogP contribution < -0.4 is 0 Å². The maximum Gasteiger partial charge on any atom is 0.0785 e. The Morgan fingerprint density at radius 2 is 2.12 bits per heavy atom. The van der Waals surface area contributed by atoms with Crippen molar-refractivity contribution in [3.8, 4) is 0 Å². The Kier molecular flexibility index (Phi) is 6.09. The smallest absolute Gasteiger partial charge is 0.0785 e. The zero-order valence-electron chi connectivity index (χ0n) is 5.39. The maximum absolute atomic E-state index is 4.78. The van der Waals surface area contributed by atoms with Crippen LogP contribution in [0, 0.1) is 0 Å². The Hall–Kier alpha value is -0.500. The summed E-state index contributed by atoms with van der Waals surface area (Å²) in [5.74, 6) is 0. The first-order chi connectivity index (χ1) is 3.91. The molecule has 0 aliphatic carbocycles. The lowest BCUT2D eigenvalue weighted by Crippen LogP contribution is -1.83. The Bertz CT molecular complexity index is 59.5. The van der Waals surface area contributed by atoms with Gasteiger partial charge in [0.25, 0.3) is 0 Å². The van der Waals surface area contributed by atoms with Crippen LogP contribution in [-0.2, 0) is 9.47 Å². The van der Waals surface area contributed by atoms with E-state index in [1.165, 1.54) is 0 Å². The summed E-state index contributed by atoms with van der Waals surface area (Å²) < 4.78 is 9.43. The van der Waals surface area contributed by atoms with Gasteiger partial charge in [0.2, 0.25) is 0 Å². The normalized spacial score (nSPS) is 10.2. The van der Waals surface area contributed by atoms with Crippen molar-refractivity contribution in [3.05, 3.63) is 12.3 Å². The minimum atomic E-state index is 0.764. The van der Waals surface area contributed by atoms with E-state index in [2.05, 4.69) is 4.74 Å². The number of hydrogen-bond acceptors (Lipinski definition) is 2. The Balaban J connectivity index is 2.80. The molecule has 2 heteroatoms. The van der Waals surface area contributed by atoms with Gasteiger partial charge in [-0.2, -0.15) is 0 Å². The minimum Gasteiger partial charge on any atom is -0.505 e. The van der Waals surface area contributed by atoms with E-state index >= 15 is 0 Å². The highest BCUT2D eigenvalue weighted by molar-refractivity contribution is 4.71. The standard InChI is InChI=1S/C6H12O2/c1-7-5-3-4-6-8-2/h3,5H,4,6H2,1-2H3/b5-3-. The second kappa shape index (κ2) is 6.50. The summed E-state index contributed by atoms with van der Waals surface area (Å²) in [5, 5.41) is 0. The van der Waals surface area contributed by atoms with Crippen molar-refractivity contribution in [2.24, 2.45) is 0 Å². The summed E-state index contributed by atoms with van der Waals surface area (Å²) in [6.45, 7) is 0.764. The van der Waals surface area contributed by atoms with Crippen LogP contribution in [0.2, 0.25) is 0 Å². The number of hydrogen-bond donors (Lipinski definition) is 0. The second-order valence-corrected chi connectivity index (χ2v) is 1.39. The van der Waals surface area contributed by atoms with Crippen molar-refractivity contribution in [3.63, 3.8) is 0 Å². The predicted octanol–water partition coefficient (Wildman–Crippen LogP) is 1.18. The van der Waals surface area contributed by atoms with E-state index in [1.54, 1.807) is 20.5 Å². The molecule has 2 nitrogen and oxygen atoms in total. The van der Waals surface area contributed by atoms with Crippen LogP contribution in [-0.4, -0.2) is 20.8 Å². The molecule has 0 fully saturated rings. The molecule has 0 radical (unpaired) electrons. The van der Waals surface area contributed by atoms with Gasteiger partial charge in [-0.3, -0.25) is 0 Å². The first-order valence-electron chi connectivity index (χ1n) is 2.58. The fourth-order valence-corrected chi connectivity index (χ4v) is 0.350. The van der Waals surface area contributed by atoms with E-state index in [9.17, 15) is 0 Å². The van der Waals surface area contributed by atoms with Gasteiger partial charge in [0.05, 0.1) is 13.4 Å². The second-order valence-electron chi connectivity index (χ2n) is 1.39. The first-order valence-corrected chi connectivity index (χ1v) is 2.58. The van der Waals surface area contributed by atoms with Crippen molar-refractivity contribution >= 4 is 0 Å². The van der Waals surface area contributed by atoms with E-state index in [4.69, 9.17) is 4.74 Å². The van der Waals surface area contributed by atoms with Crippen LogP contribution in [0.4, 0.5) is 0 Å². The third-order valence-corrected chi connectivity index (χ3v) is 0.721. The van der Waals surface area contributed by atoms with Gasteiger partial charge >= 0.3 is 0 Å². The molecule has 0 aliphatic rings. The fourth-order valence-electron chi connectivity index (χ4n) is 0.350. The van der Waals surface area contributed by atoms with E-state index in [1.807, 2.05) is 6.08 Å². The fraction of sp³-hybridized carbons (Fsp3) is 0.667. The van der Waals surface area contributed by atoms with Gasteiger partial charge in [0.15, 0.2) is 0 Å². The van der Waals surface area contributed by atoms with E-state index in [0.717, 1.165) is 13.0 Å². The summed E-state index contributed by atoms with van der Waals surface area (Å²) in [5.41, 5.74) is 0. The van der Waals surface area contributed by atoms with E-state index in [-0.39, 0.29) is 0 Å². The SMILES string of the molecule is CO/C=C\CCOC. The molecule has 0 unspecified atom stereocenters. The van der Waals surface area contributed by atoms with Gasteiger partial charge in [-0.25, -0.2) is 0 Å². The first kappa shape index (κ1) is 7.50. The van der Waals surface area contributed by atoms with Gasteiger partial charge in [-0.15, -0.1) is 0 Å². The molecule has 0 bridgehead atoms. The van der Waals surface area contributed by atoms with E-state index < -0.39 is 0 Å². The molecule has 0 heterocycles. The van der Waals surface area contributed by atoms with Gasteiger partial charge in [-0.1, -0.05) is 0 Å². The summed E-state index contributed by atoms with van der Waals surface area (Å²) in [6.07, 6.45) is 4.49. The molecule has 0 spiro atoms. The third-order valence-electron chi connectivity index (χ3n) is 0.721. The van der Waals surface area contributed by atoms with Crippen molar-refractivity contribution < 1.29 is 9.47 Å². The van der Waals surface area contributed by atoms with Crippen LogP contribution in [0.1, 0.15) is 6.42 Å². The van der Waals surface area contributed by atoms with Crippen molar-refractivity contribution in [1.29, 1.82) is 0 Å². The monoisotopic (exact) mass is 116 g/mol. The molecule has 0 N–H and O–H groups in total. The van der Waals surface area contributed by atoms with Gasteiger partial charge < -0.3 is 9.47 Å². The van der Waals surface area contributed by atoms with Crippen molar-refractivity contribution in [2.45, 2.75) is 6.42 Å². The third kappa shape index (κ3) is 5.50. The van der Waals surface area contributed by atoms with Crippen LogP contribution >= 0.6 is 0 Å². The Labute approximate surface area is 50.1 Å². The molecule has 0 aromatic rings. The highest BCUT2D eigenvalue weighted by Crippen LogP contribution is 1.82. The molecule has 0 saturated carbocycles. The van der Waals surface area contributed by atoms with E-state index in [0.29, 0.717) is 0 Å². The predicted molar refractivity (Wildman–Crippen MR) is 32.6 cm³/mol. The van der Waals surface area contributed by atoms with Crippen molar-refractivity contribution in [2.75, 3.05) is 20.8 Å². The van der Waals surface area contributed by atoms with Crippen LogP contribution in [0.3, 0.4) is 0 Å². The molecule has 0 aromatic carbocycles. The minimum absolute atomic E-state index is 0.764. The Morgan fingerprint density at radius 1 is 1.38 bits per heavy atom. The number of methoxy groups -OCH3 is 2. The quantitative estimate of drug-likeness (QED) is 0.405. The van der Waals surface area contributed by atoms with Crippen LogP contribution in [0.25, 0.3) is 0 Å². The number of rotatable bonds is 4. The molecule has 0 amide bonds. The topological polar surface area (TPSA) is 18.5 Å². The lowest BCUT2D eigenvalue weighted by Gasteiger charge is -1.89. The van der Waals surface area contributed by atoms with Crippen LogP contribution in [0.5, 0.6) is 0 Å². The molecule has 0 saturated heterocycles. The van der Waals surface area contributed by atoms with Crippen LogP contribution in [0.15, 0.2) is 12.3 Å². The summed E-state index contributed by atoms with van der Waals surface area (Å²) in [4.78, 5) is 0. The Morgan fingerprint density at radius 3 is 2.62 bits per heavy atom. The summed E-state index contributed by atoms with van der Waals surface area (Å²) in [7, 11) is 3.31. The van der Waals surface area contributed by atoms with Crippen molar-refractivity contribution in [1.82, 2.24) is 0 Å². The molecule has 8 heavy (non-hydrogen) atoms. The molecule has 0 aliphatic heterocycles. The molecule has 0 atom stereocenters. The molecular formula is C6H12O2. The summed E-state index contributed by atoms with van der Waals surface area (Å²) in [6, 6.07) is 0. The summed E-state index contributed by atoms with van der Waals surface area (Å²) >= 11 is 0. The van der Waals surface area contributed by atoms with Gasteiger partial charge in [0, 0.05) is 13.7 Å². The number of ether oxygens (including phenoxy) is 2. The molecular weight excluding hydrogens is 104 g/mol. The average Bonchev–Trinajstić information content (AvgIpc) is 1.81. The largest absolute Gasteiger partial charge is 0.505 e. The highest BCUT2D eigenvalue weighted by Gasteiger charge is 1.74. The zero-order chi connectivity index (χ0) is 6.24. The molecule has 48 valence electrons. The molecule has 0 aromatic heterocycles. The molecule has 0 rings (SSSR count). The lowest BCUT2D eigenvalue weighted by molar-refractivity contribution is 0.203. The highest BCUT2D eigenvalue weighted by atomic mass is 16.5.